The van der Waals surface area contributed by atoms with E-state index in [-0.39, 0.29) is 0 Å². The largest absolute Gasteiger partial charge is 0.487 e. The SMILES string of the molecule is CNc1c(-c2ccc(OCC3=CSC4=NCCN34)cc2)nc2cc(C#N)ncn12. The van der Waals surface area contributed by atoms with Crippen molar-refractivity contribution < 1.29 is 4.74 Å². The molecular weight excluding hydrogens is 386 g/mol. The molecule has 0 amide bonds. The van der Waals surface area contributed by atoms with Crippen LogP contribution in [0.4, 0.5) is 5.82 Å². The van der Waals surface area contributed by atoms with Crippen molar-refractivity contribution in [2.45, 2.75) is 0 Å². The van der Waals surface area contributed by atoms with Crippen LogP contribution in [0.3, 0.4) is 0 Å². The lowest BCUT2D eigenvalue weighted by atomic mass is 10.1. The number of rotatable bonds is 5. The number of nitrogens with zero attached hydrogens (tertiary/aromatic N) is 6. The van der Waals surface area contributed by atoms with Crippen molar-refractivity contribution in [2.75, 3.05) is 32.1 Å². The summed E-state index contributed by atoms with van der Waals surface area (Å²) in [4.78, 5) is 15.5. The number of nitrogens with one attached hydrogen (secondary N) is 1. The van der Waals surface area contributed by atoms with Gasteiger partial charge in [0.2, 0.25) is 0 Å². The Morgan fingerprint density at radius 3 is 2.97 bits per heavy atom. The maximum absolute atomic E-state index is 9.06. The molecule has 1 aromatic carbocycles. The Balaban J connectivity index is 1.36. The minimum Gasteiger partial charge on any atom is -0.487 e. The first-order valence-electron chi connectivity index (χ1n) is 9.13. The monoisotopic (exact) mass is 403 g/mol. The number of imidazole rings is 1. The van der Waals surface area contributed by atoms with E-state index in [0.29, 0.717) is 17.9 Å². The summed E-state index contributed by atoms with van der Waals surface area (Å²) in [5, 5.41) is 15.4. The van der Waals surface area contributed by atoms with Crippen LogP contribution in [0.1, 0.15) is 5.69 Å². The lowest BCUT2D eigenvalue weighted by Crippen LogP contribution is -2.24. The number of hydrogen-bond acceptors (Lipinski definition) is 8. The second-order valence-electron chi connectivity index (χ2n) is 6.53. The predicted octanol–water partition coefficient (Wildman–Crippen LogP) is 2.95. The number of fused-ring (bicyclic) bond motifs is 2. The standard InChI is InChI=1S/C20H17N7OS/c1-22-19-18(25-17-8-14(9-21)24-12-27(17)19)13-2-4-16(5-3-13)28-10-15-11-29-20-23-6-7-26(15)20/h2-5,8,11-12,22H,6-7,10H2,1H3. The maximum Gasteiger partial charge on any atom is 0.168 e. The third-order valence-corrected chi connectivity index (χ3v) is 5.78. The van der Waals surface area contributed by atoms with Gasteiger partial charge in [0.15, 0.2) is 5.17 Å². The van der Waals surface area contributed by atoms with Gasteiger partial charge >= 0.3 is 0 Å². The molecule has 29 heavy (non-hydrogen) atoms. The molecule has 4 heterocycles. The molecule has 2 aliphatic rings. The van der Waals surface area contributed by atoms with Crippen LogP contribution >= 0.6 is 11.8 Å². The quantitative estimate of drug-likeness (QED) is 0.700. The molecule has 0 bridgehead atoms. The van der Waals surface area contributed by atoms with Crippen molar-refractivity contribution in [1.29, 1.82) is 5.26 Å². The van der Waals surface area contributed by atoms with Gasteiger partial charge in [-0.05, 0) is 24.3 Å². The summed E-state index contributed by atoms with van der Waals surface area (Å²) < 4.78 is 7.80. The van der Waals surface area contributed by atoms with E-state index in [0.717, 1.165) is 46.8 Å². The Morgan fingerprint density at radius 2 is 2.17 bits per heavy atom. The molecule has 9 heteroatoms. The van der Waals surface area contributed by atoms with Crippen LogP contribution in [0, 0.1) is 11.3 Å². The topological polar surface area (TPSA) is 90.8 Å². The number of aromatic nitrogens is 3. The summed E-state index contributed by atoms with van der Waals surface area (Å²) in [7, 11) is 1.84. The lowest BCUT2D eigenvalue weighted by molar-refractivity contribution is 0.322. The van der Waals surface area contributed by atoms with Crippen LogP contribution in [-0.2, 0) is 0 Å². The maximum atomic E-state index is 9.06. The van der Waals surface area contributed by atoms with Crippen LogP contribution in [0.5, 0.6) is 5.75 Å². The summed E-state index contributed by atoms with van der Waals surface area (Å²) in [5.41, 5.74) is 3.90. The van der Waals surface area contributed by atoms with E-state index in [1.54, 1.807) is 24.2 Å². The molecule has 1 N–H and O–H groups in total. The lowest BCUT2D eigenvalue weighted by Gasteiger charge is -2.17. The fraction of sp³-hybridized carbons (Fsp3) is 0.200. The second kappa shape index (κ2) is 7.14. The highest BCUT2D eigenvalue weighted by Gasteiger charge is 2.26. The van der Waals surface area contributed by atoms with Crippen LogP contribution < -0.4 is 10.1 Å². The summed E-state index contributed by atoms with van der Waals surface area (Å²) in [6.07, 6.45) is 1.61. The zero-order chi connectivity index (χ0) is 19.8. The van der Waals surface area contributed by atoms with E-state index in [1.807, 2.05) is 41.8 Å². The van der Waals surface area contributed by atoms with Crippen molar-refractivity contribution in [3.63, 3.8) is 0 Å². The average Bonchev–Trinajstić information content (AvgIpc) is 3.46. The summed E-state index contributed by atoms with van der Waals surface area (Å²) in [6.45, 7) is 2.30. The van der Waals surface area contributed by atoms with Crippen molar-refractivity contribution in [1.82, 2.24) is 19.3 Å². The highest BCUT2D eigenvalue weighted by Crippen LogP contribution is 2.31. The first-order valence-corrected chi connectivity index (χ1v) is 10.0. The Morgan fingerprint density at radius 1 is 1.31 bits per heavy atom. The fourth-order valence-electron chi connectivity index (χ4n) is 3.41. The molecule has 0 fully saturated rings. The summed E-state index contributed by atoms with van der Waals surface area (Å²) in [5.74, 6) is 1.62. The second-order valence-corrected chi connectivity index (χ2v) is 7.37. The average molecular weight is 403 g/mol. The molecule has 0 atom stereocenters. The molecular formula is C20H17N7OS. The first-order chi connectivity index (χ1) is 14.3. The van der Waals surface area contributed by atoms with E-state index >= 15 is 0 Å². The Kier molecular flexibility index (Phi) is 4.33. The molecule has 144 valence electrons. The number of thioether (sulfide) groups is 1. The van der Waals surface area contributed by atoms with Gasteiger partial charge < -0.3 is 15.0 Å². The van der Waals surface area contributed by atoms with Gasteiger partial charge in [-0.15, -0.1) is 0 Å². The molecule has 8 nitrogen and oxygen atoms in total. The minimum absolute atomic E-state index is 0.339. The normalized spacial score (nSPS) is 15.1. The number of ether oxygens (including phenoxy) is 1. The van der Waals surface area contributed by atoms with Crippen LogP contribution in [0.2, 0.25) is 0 Å². The zero-order valence-corrected chi connectivity index (χ0v) is 16.5. The highest BCUT2D eigenvalue weighted by atomic mass is 32.2. The van der Waals surface area contributed by atoms with Crippen molar-refractivity contribution >= 4 is 28.4 Å². The smallest absolute Gasteiger partial charge is 0.168 e. The third-order valence-electron chi connectivity index (χ3n) is 4.83. The number of hydrogen-bond donors (Lipinski definition) is 1. The highest BCUT2D eigenvalue weighted by molar-refractivity contribution is 8.16. The molecule has 2 aliphatic heterocycles. The van der Waals surface area contributed by atoms with Crippen LogP contribution in [0.15, 0.2) is 52.8 Å². The number of nitriles is 1. The number of benzene rings is 1. The van der Waals surface area contributed by atoms with Gasteiger partial charge in [0, 0.05) is 30.6 Å². The Bertz CT molecular complexity index is 1190. The first kappa shape index (κ1) is 17.6. The molecule has 0 aliphatic carbocycles. The fourth-order valence-corrected chi connectivity index (χ4v) is 4.34. The van der Waals surface area contributed by atoms with Gasteiger partial charge in [0.1, 0.15) is 47.6 Å². The van der Waals surface area contributed by atoms with Crippen LogP contribution in [-0.4, -0.2) is 51.2 Å². The molecule has 0 spiro atoms. The summed E-state index contributed by atoms with van der Waals surface area (Å²) in [6, 6.07) is 11.6. The Hall–Kier alpha value is -3.51. The van der Waals surface area contributed by atoms with E-state index in [1.165, 1.54) is 0 Å². The van der Waals surface area contributed by atoms with E-state index in [4.69, 9.17) is 10.00 Å². The number of aliphatic imine (C=N–C) groups is 1. The van der Waals surface area contributed by atoms with Gasteiger partial charge in [0.05, 0.1) is 12.2 Å². The van der Waals surface area contributed by atoms with Crippen LogP contribution in [0.25, 0.3) is 16.9 Å². The Labute approximate surface area is 171 Å². The van der Waals surface area contributed by atoms with Gasteiger partial charge in [-0.3, -0.25) is 9.39 Å². The zero-order valence-electron chi connectivity index (χ0n) is 15.7. The van der Waals surface area contributed by atoms with Gasteiger partial charge in [-0.2, -0.15) is 5.26 Å². The molecule has 0 radical (unpaired) electrons. The van der Waals surface area contributed by atoms with Gasteiger partial charge in [0.25, 0.3) is 0 Å². The molecule has 2 aromatic heterocycles. The molecule has 3 aromatic rings. The number of amidine groups is 1. The molecule has 0 saturated heterocycles. The van der Waals surface area contributed by atoms with Crippen molar-refractivity contribution in [3.05, 3.63) is 53.5 Å². The summed E-state index contributed by atoms with van der Waals surface area (Å²) >= 11 is 1.66. The van der Waals surface area contributed by atoms with Crippen molar-refractivity contribution in [3.8, 4) is 23.1 Å². The molecule has 5 rings (SSSR count). The molecule has 0 saturated carbocycles. The van der Waals surface area contributed by atoms with E-state index < -0.39 is 0 Å². The molecule has 0 unspecified atom stereocenters. The third kappa shape index (κ3) is 3.07. The van der Waals surface area contributed by atoms with Gasteiger partial charge in [-0.25, -0.2) is 9.97 Å². The minimum atomic E-state index is 0.339. The van der Waals surface area contributed by atoms with Crippen molar-refractivity contribution in [2.24, 2.45) is 4.99 Å². The number of anilines is 1. The van der Waals surface area contributed by atoms with Gasteiger partial charge in [-0.1, -0.05) is 11.8 Å². The van der Waals surface area contributed by atoms with E-state index in [9.17, 15) is 0 Å². The van der Waals surface area contributed by atoms with E-state index in [2.05, 4.69) is 30.6 Å². The predicted molar refractivity (Wildman–Crippen MR) is 113 cm³/mol.